The van der Waals surface area contributed by atoms with Crippen LogP contribution in [0.2, 0.25) is 0 Å². The average molecular weight is 270 g/mol. The van der Waals surface area contributed by atoms with Gasteiger partial charge in [0.15, 0.2) is 5.84 Å². The molecule has 0 aliphatic heterocycles. The lowest BCUT2D eigenvalue weighted by molar-refractivity contribution is 0.0949. The Morgan fingerprint density at radius 2 is 2.16 bits per heavy atom. The zero-order valence-corrected chi connectivity index (χ0v) is 11.7. The summed E-state index contributed by atoms with van der Waals surface area (Å²) in [7, 11) is 1.74. The molecule has 0 radical (unpaired) electrons. The molecule has 1 rings (SSSR count). The lowest BCUT2D eigenvalue weighted by Gasteiger charge is -2.09. The van der Waals surface area contributed by atoms with E-state index in [-0.39, 0.29) is 5.84 Å². The number of aryl methyl sites for hydroxylation is 2. The predicted molar refractivity (Wildman–Crippen MR) is 71.7 cm³/mol. The molecule has 0 unspecified atom stereocenters. The number of amidine groups is 1. The summed E-state index contributed by atoms with van der Waals surface area (Å²) < 4.78 is 12.6. The van der Waals surface area contributed by atoms with Crippen LogP contribution in [0.3, 0.4) is 0 Å². The predicted octanol–water partition coefficient (Wildman–Crippen LogP) is 1.02. The van der Waals surface area contributed by atoms with E-state index in [9.17, 15) is 0 Å². The number of hydrogen-bond acceptors (Lipinski definition) is 5. The third-order valence-electron chi connectivity index (χ3n) is 2.64. The van der Waals surface area contributed by atoms with Gasteiger partial charge in [-0.05, 0) is 13.3 Å². The van der Waals surface area contributed by atoms with Gasteiger partial charge in [0, 0.05) is 13.7 Å². The van der Waals surface area contributed by atoms with E-state index < -0.39 is 0 Å². The van der Waals surface area contributed by atoms with Gasteiger partial charge in [0.05, 0.1) is 12.3 Å². The molecule has 0 spiro atoms. The normalized spacial score (nSPS) is 11.8. The Kier molecular flexibility index (Phi) is 6.14. The van der Waals surface area contributed by atoms with E-state index in [1.807, 2.05) is 0 Å². The minimum atomic E-state index is -0.00694. The Morgan fingerprint density at radius 3 is 2.79 bits per heavy atom. The van der Waals surface area contributed by atoms with Crippen molar-refractivity contribution < 1.29 is 14.7 Å². The summed E-state index contributed by atoms with van der Waals surface area (Å²) in [6.45, 7) is 5.52. The zero-order chi connectivity index (χ0) is 14.3. The fourth-order valence-electron chi connectivity index (χ4n) is 1.69. The quantitative estimate of drug-likeness (QED) is 0.242. The topological polar surface area (TPSA) is 94.9 Å². The highest BCUT2D eigenvalue weighted by Crippen LogP contribution is 2.20. The molecule has 1 aromatic rings. The second-order valence-corrected chi connectivity index (χ2v) is 4.19. The van der Waals surface area contributed by atoms with Crippen molar-refractivity contribution in [2.75, 3.05) is 19.8 Å². The van der Waals surface area contributed by atoms with Crippen LogP contribution in [0.15, 0.2) is 5.16 Å². The third-order valence-corrected chi connectivity index (χ3v) is 2.64. The molecule has 0 aromatic carbocycles. The Hall–Kier alpha value is -1.76. The number of hydrogen-bond donors (Lipinski definition) is 2. The van der Waals surface area contributed by atoms with Crippen LogP contribution in [-0.2, 0) is 11.8 Å². The van der Waals surface area contributed by atoms with Crippen LogP contribution in [-0.4, -0.2) is 40.6 Å². The Balaban J connectivity index is 2.58. The highest BCUT2D eigenvalue weighted by Gasteiger charge is 2.18. The molecular formula is C12H22N4O3. The Bertz CT molecular complexity index is 429. The van der Waals surface area contributed by atoms with Gasteiger partial charge in [-0.3, -0.25) is 0 Å². The summed E-state index contributed by atoms with van der Waals surface area (Å²) in [4.78, 5) is 0. The first-order chi connectivity index (χ1) is 9.11. The first kappa shape index (κ1) is 15.3. The maximum absolute atomic E-state index is 8.76. The largest absolute Gasteiger partial charge is 0.475 e. The van der Waals surface area contributed by atoms with Crippen molar-refractivity contribution in [2.24, 2.45) is 17.9 Å². The minimum Gasteiger partial charge on any atom is -0.475 e. The number of unbranched alkanes of at least 4 members (excludes halogenated alkanes) is 1. The Morgan fingerprint density at radius 1 is 1.42 bits per heavy atom. The molecule has 0 bridgehead atoms. The maximum atomic E-state index is 8.76. The second-order valence-electron chi connectivity index (χ2n) is 4.19. The van der Waals surface area contributed by atoms with Crippen molar-refractivity contribution in [3.05, 3.63) is 11.3 Å². The summed E-state index contributed by atoms with van der Waals surface area (Å²) in [5.74, 6) is 0.472. The van der Waals surface area contributed by atoms with E-state index >= 15 is 0 Å². The smallest absolute Gasteiger partial charge is 0.223 e. The van der Waals surface area contributed by atoms with Crippen LogP contribution in [0.1, 0.15) is 31.0 Å². The molecule has 0 amide bonds. The molecule has 108 valence electrons. The van der Waals surface area contributed by atoms with E-state index in [1.54, 1.807) is 18.7 Å². The SMILES string of the molecule is CCCCOCCOc1c(C(N)=NO)c(C)nn1C. The van der Waals surface area contributed by atoms with Gasteiger partial charge < -0.3 is 20.4 Å². The van der Waals surface area contributed by atoms with Gasteiger partial charge >= 0.3 is 0 Å². The standard InChI is InChI=1S/C12H22N4O3/c1-4-5-6-18-7-8-19-12-10(11(13)15-17)9(2)14-16(12)3/h17H,4-8H2,1-3H3,(H2,13,15). The van der Waals surface area contributed by atoms with E-state index in [4.69, 9.17) is 20.4 Å². The van der Waals surface area contributed by atoms with E-state index in [2.05, 4.69) is 17.2 Å². The molecule has 0 saturated heterocycles. The number of oxime groups is 1. The monoisotopic (exact) mass is 270 g/mol. The molecule has 0 atom stereocenters. The summed E-state index contributed by atoms with van der Waals surface area (Å²) in [6, 6.07) is 0. The van der Waals surface area contributed by atoms with Crippen molar-refractivity contribution in [3.8, 4) is 5.88 Å². The van der Waals surface area contributed by atoms with Gasteiger partial charge in [-0.25, -0.2) is 4.68 Å². The molecule has 19 heavy (non-hydrogen) atoms. The van der Waals surface area contributed by atoms with Crippen LogP contribution >= 0.6 is 0 Å². The van der Waals surface area contributed by atoms with E-state index in [1.165, 1.54) is 0 Å². The van der Waals surface area contributed by atoms with Crippen molar-refractivity contribution >= 4 is 5.84 Å². The maximum Gasteiger partial charge on any atom is 0.223 e. The van der Waals surface area contributed by atoms with Gasteiger partial charge in [0.1, 0.15) is 12.2 Å². The third kappa shape index (κ3) is 4.13. The van der Waals surface area contributed by atoms with E-state index in [0.717, 1.165) is 19.4 Å². The number of ether oxygens (including phenoxy) is 2. The molecule has 1 aromatic heterocycles. The number of rotatable bonds is 8. The highest BCUT2D eigenvalue weighted by molar-refractivity contribution is 6.00. The number of nitrogens with two attached hydrogens (primary N) is 1. The summed E-state index contributed by atoms with van der Waals surface area (Å²) >= 11 is 0. The number of nitrogens with zero attached hydrogens (tertiary/aromatic N) is 3. The first-order valence-corrected chi connectivity index (χ1v) is 6.33. The molecule has 3 N–H and O–H groups in total. The molecule has 0 aliphatic carbocycles. The van der Waals surface area contributed by atoms with Crippen molar-refractivity contribution in [1.29, 1.82) is 0 Å². The lowest BCUT2D eigenvalue weighted by Crippen LogP contribution is -2.17. The zero-order valence-electron chi connectivity index (χ0n) is 11.7. The lowest BCUT2D eigenvalue weighted by atomic mass is 10.2. The van der Waals surface area contributed by atoms with Gasteiger partial charge in [0.25, 0.3) is 0 Å². The van der Waals surface area contributed by atoms with Gasteiger partial charge in [-0.15, -0.1) is 0 Å². The molecule has 7 nitrogen and oxygen atoms in total. The summed E-state index contributed by atoms with van der Waals surface area (Å²) in [5.41, 5.74) is 6.78. The van der Waals surface area contributed by atoms with Crippen LogP contribution in [0.25, 0.3) is 0 Å². The van der Waals surface area contributed by atoms with Gasteiger partial charge in [0.2, 0.25) is 5.88 Å². The van der Waals surface area contributed by atoms with Crippen LogP contribution in [0.5, 0.6) is 5.88 Å². The van der Waals surface area contributed by atoms with E-state index in [0.29, 0.717) is 30.4 Å². The highest BCUT2D eigenvalue weighted by atomic mass is 16.5. The molecule has 0 aliphatic rings. The molecule has 0 saturated carbocycles. The fourth-order valence-corrected chi connectivity index (χ4v) is 1.69. The minimum absolute atomic E-state index is 0.00694. The van der Waals surface area contributed by atoms with Crippen molar-refractivity contribution in [1.82, 2.24) is 9.78 Å². The van der Waals surface area contributed by atoms with Crippen molar-refractivity contribution in [3.63, 3.8) is 0 Å². The van der Waals surface area contributed by atoms with Gasteiger partial charge in [-0.1, -0.05) is 18.5 Å². The molecular weight excluding hydrogens is 248 g/mol. The number of aromatic nitrogens is 2. The summed E-state index contributed by atoms with van der Waals surface area (Å²) in [6.07, 6.45) is 2.15. The van der Waals surface area contributed by atoms with Crippen LogP contribution in [0.4, 0.5) is 0 Å². The summed E-state index contributed by atoms with van der Waals surface area (Å²) in [5, 5.41) is 15.9. The van der Waals surface area contributed by atoms with Crippen LogP contribution in [0, 0.1) is 6.92 Å². The average Bonchev–Trinajstić information content (AvgIpc) is 2.67. The van der Waals surface area contributed by atoms with Crippen LogP contribution < -0.4 is 10.5 Å². The second kappa shape index (κ2) is 7.63. The Labute approximate surface area is 113 Å². The molecule has 7 heteroatoms. The van der Waals surface area contributed by atoms with Gasteiger partial charge in [-0.2, -0.15) is 5.10 Å². The molecule has 1 heterocycles. The molecule has 0 fully saturated rings. The van der Waals surface area contributed by atoms with Crippen molar-refractivity contribution in [2.45, 2.75) is 26.7 Å². The first-order valence-electron chi connectivity index (χ1n) is 6.33. The fraction of sp³-hybridized carbons (Fsp3) is 0.667.